The van der Waals surface area contributed by atoms with Gasteiger partial charge in [0.2, 0.25) is 0 Å². The molecule has 2 aromatic rings. The van der Waals surface area contributed by atoms with Crippen LogP contribution < -0.4 is 11.5 Å². The number of fused-ring (bicyclic) bond motifs is 1. The van der Waals surface area contributed by atoms with Crippen LogP contribution in [0, 0.1) is 13.8 Å². The van der Waals surface area contributed by atoms with Gasteiger partial charge in [-0.3, -0.25) is 0 Å². The minimum Gasteiger partial charge on any atom is -0.402 e. The number of nitrogens with two attached hydrogens (primary N) is 2. The zero-order valence-corrected chi connectivity index (χ0v) is 10.5. The van der Waals surface area contributed by atoms with Crippen molar-refractivity contribution in [2.45, 2.75) is 20.8 Å². The molecule has 0 unspecified atom stereocenters. The number of imidazole rings is 1. The third kappa shape index (κ3) is 2.29. The summed E-state index contributed by atoms with van der Waals surface area (Å²) in [6.45, 7) is 5.40. The number of nitrogens with zero attached hydrogens (tertiary/aromatic N) is 5. The van der Waals surface area contributed by atoms with Crippen molar-refractivity contribution in [3.8, 4) is 0 Å². The molecule has 0 atom stereocenters. The first-order chi connectivity index (χ1) is 8.47. The Kier molecular flexibility index (Phi) is 2.97. The molecule has 0 radical (unpaired) electrons. The fraction of sp³-hybridized carbons (Fsp3) is 0.273. The Morgan fingerprint density at radius 2 is 2.11 bits per heavy atom. The third-order valence-corrected chi connectivity index (χ3v) is 2.28. The second-order valence-electron chi connectivity index (χ2n) is 4.03. The lowest BCUT2D eigenvalue weighted by Crippen LogP contribution is -2.10. The van der Waals surface area contributed by atoms with Gasteiger partial charge in [0.15, 0.2) is 5.82 Å². The molecule has 0 amide bonds. The summed E-state index contributed by atoms with van der Waals surface area (Å²) in [5.74, 6) is 1.39. The van der Waals surface area contributed by atoms with Gasteiger partial charge in [-0.15, -0.1) is 0 Å². The Morgan fingerprint density at radius 1 is 1.39 bits per heavy atom. The van der Waals surface area contributed by atoms with Crippen molar-refractivity contribution in [1.29, 1.82) is 0 Å². The lowest BCUT2D eigenvalue weighted by Gasteiger charge is -2.01. The van der Waals surface area contributed by atoms with Gasteiger partial charge in [-0.2, -0.15) is 5.10 Å². The van der Waals surface area contributed by atoms with Crippen molar-refractivity contribution >= 4 is 17.2 Å². The van der Waals surface area contributed by atoms with E-state index in [-0.39, 0.29) is 0 Å². The molecule has 0 spiro atoms. The second-order valence-corrected chi connectivity index (χ2v) is 4.03. The van der Waals surface area contributed by atoms with Crippen LogP contribution in [-0.2, 0) is 0 Å². The topological polar surface area (TPSA) is 107 Å². The Hall–Kier alpha value is -2.44. The molecule has 7 nitrogen and oxygen atoms in total. The van der Waals surface area contributed by atoms with E-state index in [4.69, 9.17) is 11.5 Å². The lowest BCUT2D eigenvalue weighted by atomic mass is 10.4. The fourth-order valence-electron chi connectivity index (χ4n) is 1.62. The van der Waals surface area contributed by atoms with Crippen molar-refractivity contribution in [3.05, 3.63) is 29.6 Å². The van der Waals surface area contributed by atoms with Crippen molar-refractivity contribution in [3.63, 3.8) is 0 Å². The minimum atomic E-state index is 0.301. The summed E-state index contributed by atoms with van der Waals surface area (Å²) >= 11 is 0. The van der Waals surface area contributed by atoms with Crippen LogP contribution in [-0.4, -0.2) is 25.4 Å². The Balaban J connectivity index is 2.63. The summed E-state index contributed by atoms with van der Waals surface area (Å²) in [5.41, 5.74) is 13.4. The molecule has 0 aliphatic carbocycles. The van der Waals surface area contributed by atoms with Gasteiger partial charge >= 0.3 is 0 Å². The van der Waals surface area contributed by atoms with Crippen LogP contribution in [0.15, 0.2) is 23.1 Å². The average molecular weight is 245 g/mol. The van der Waals surface area contributed by atoms with Crippen LogP contribution in [0.1, 0.15) is 18.4 Å². The number of allylic oxidation sites excluding steroid dienone is 1. The van der Waals surface area contributed by atoms with Crippen LogP contribution in [0.5, 0.6) is 0 Å². The van der Waals surface area contributed by atoms with Gasteiger partial charge in [0.05, 0.1) is 5.69 Å². The molecule has 2 rings (SSSR count). The van der Waals surface area contributed by atoms with E-state index in [1.807, 2.05) is 6.92 Å². The highest BCUT2D eigenvalue weighted by Gasteiger charge is 2.09. The summed E-state index contributed by atoms with van der Waals surface area (Å²) in [6.07, 6.45) is 3.21. The Bertz CT molecular complexity index is 647. The highest BCUT2D eigenvalue weighted by molar-refractivity contribution is 5.94. The van der Waals surface area contributed by atoms with E-state index >= 15 is 0 Å². The van der Waals surface area contributed by atoms with E-state index in [9.17, 15) is 0 Å². The molecule has 0 saturated carbocycles. The van der Waals surface area contributed by atoms with E-state index in [1.165, 1.54) is 0 Å². The summed E-state index contributed by atoms with van der Waals surface area (Å²) < 4.78 is 1.64. The standard InChI is InChI=1S/C11H15N7/c1-6(12)4-9(13)16-11-10-7(2)14-5-18(10)17-8(3)15-11/h4-5H,12H2,1-3H3,(H2,13,15,16,17). The monoisotopic (exact) mass is 245 g/mol. The number of aromatic nitrogens is 4. The van der Waals surface area contributed by atoms with Gasteiger partial charge in [0, 0.05) is 5.70 Å². The molecular formula is C11H15N7. The lowest BCUT2D eigenvalue weighted by molar-refractivity contribution is 0.849. The summed E-state index contributed by atoms with van der Waals surface area (Å²) in [4.78, 5) is 12.7. The summed E-state index contributed by atoms with van der Waals surface area (Å²) in [6, 6.07) is 0. The highest BCUT2D eigenvalue weighted by atomic mass is 15.3. The van der Waals surface area contributed by atoms with E-state index in [0.29, 0.717) is 23.2 Å². The van der Waals surface area contributed by atoms with Crippen LogP contribution in [0.3, 0.4) is 0 Å². The molecule has 0 fully saturated rings. The highest BCUT2D eigenvalue weighted by Crippen LogP contribution is 2.19. The number of aliphatic imine (C=N–C) groups is 1. The van der Waals surface area contributed by atoms with Gasteiger partial charge < -0.3 is 11.5 Å². The van der Waals surface area contributed by atoms with Crippen LogP contribution >= 0.6 is 0 Å². The first-order valence-corrected chi connectivity index (χ1v) is 5.44. The largest absolute Gasteiger partial charge is 0.402 e. The maximum Gasteiger partial charge on any atom is 0.183 e. The quantitative estimate of drug-likeness (QED) is 0.594. The predicted octanol–water partition coefficient (Wildman–Crippen LogP) is 0.592. The number of aryl methyl sites for hydroxylation is 2. The zero-order valence-electron chi connectivity index (χ0n) is 10.5. The summed E-state index contributed by atoms with van der Waals surface area (Å²) in [5, 5.41) is 4.22. The average Bonchev–Trinajstić information content (AvgIpc) is 2.58. The first kappa shape index (κ1) is 12.0. The fourth-order valence-corrected chi connectivity index (χ4v) is 1.62. The van der Waals surface area contributed by atoms with E-state index in [1.54, 1.807) is 30.8 Å². The summed E-state index contributed by atoms with van der Waals surface area (Å²) in [7, 11) is 0. The zero-order chi connectivity index (χ0) is 13.3. The normalized spacial score (nSPS) is 13.3. The first-order valence-electron chi connectivity index (χ1n) is 5.44. The van der Waals surface area contributed by atoms with Gasteiger partial charge in [-0.05, 0) is 26.8 Å². The van der Waals surface area contributed by atoms with Gasteiger partial charge in [-0.1, -0.05) is 0 Å². The van der Waals surface area contributed by atoms with Crippen molar-refractivity contribution < 1.29 is 0 Å². The van der Waals surface area contributed by atoms with Gasteiger partial charge in [0.25, 0.3) is 0 Å². The van der Waals surface area contributed by atoms with Crippen LogP contribution in [0.25, 0.3) is 5.52 Å². The SMILES string of the molecule is CC(N)=CC(N)=Nc1nc(C)nn2cnc(C)c12. The number of hydrogen-bond acceptors (Lipinski definition) is 5. The molecular weight excluding hydrogens is 230 g/mol. The molecule has 4 N–H and O–H groups in total. The van der Waals surface area contributed by atoms with E-state index in [0.717, 1.165) is 11.2 Å². The Morgan fingerprint density at radius 3 is 2.78 bits per heavy atom. The van der Waals surface area contributed by atoms with Crippen molar-refractivity contribution in [2.24, 2.45) is 16.5 Å². The smallest absolute Gasteiger partial charge is 0.183 e. The molecule has 18 heavy (non-hydrogen) atoms. The number of rotatable bonds is 2. The van der Waals surface area contributed by atoms with Crippen molar-refractivity contribution in [1.82, 2.24) is 19.6 Å². The molecule has 94 valence electrons. The molecule has 2 aromatic heterocycles. The molecule has 0 bridgehead atoms. The molecule has 0 aliphatic heterocycles. The van der Waals surface area contributed by atoms with E-state index < -0.39 is 0 Å². The number of hydrogen-bond donors (Lipinski definition) is 2. The molecule has 0 saturated heterocycles. The number of amidine groups is 1. The maximum absolute atomic E-state index is 5.77. The molecule has 2 heterocycles. The minimum absolute atomic E-state index is 0.301. The molecule has 0 aromatic carbocycles. The Labute approximate surface area is 104 Å². The third-order valence-electron chi connectivity index (χ3n) is 2.28. The predicted molar refractivity (Wildman–Crippen MR) is 69.5 cm³/mol. The van der Waals surface area contributed by atoms with Crippen LogP contribution in [0.2, 0.25) is 0 Å². The van der Waals surface area contributed by atoms with Crippen LogP contribution in [0.4, 0.5) is 5.82 Å². The van der Waals surface area contributed by atoms with E-state index in [2.05, 4.69) is 20.1 Å². The van der Waals surface area contributed by atoms with Crippen molar-refractivity contribution in [2.75, 3.05) is 0 Å². The molecule has 7 heteroatoms. The van der Waals surface area contributed by atoms with Gasteiger partial charge in [0.1, 0.15) is 23.5 Å². The second kappa shape index (κ2) is 4.44. The maximum atomic E-state index is 5.77. The molecule has 0 aliphatic rings. The van der Waals surface area contributed by atoms with Gasteiger partial charge in [-0.25, -0.2) is 19.5 Å².